The van der Waals surface area contributed by atoms with Gasteiger partial charge in [-0.15, -0.1) is 11.3 Å². The van der Waals surface area contributed by atoms with Crippen molar-refractivity contribution in [3.63, 3.8) is 0 Å². The zero-order chi connectivity index (χ0) is 24.6. The molecule has 1 atom stereocenters. The van der Waals surface area contributed by atoms with Crippen LogP contribution in [0.4, 0.5) is 4.39 Å². The van der Waals surface area contributed by atoms with Crippen molar-refractivity contribution in [2.45, 2.75) is 18.9 Å². The molecule has 1 aliphatic heterocycles. The Kier molecular flexibility index (Phi) is 8.50. The second-order valence-corrected chi connectivity index (χ2v) is 9.36. The number of hydrogen-bond acceptors (Lipinski definition) is 5. The lowest BCUT2D eigenvalue weighted by Crippen LogP contribution is -2.48. The summed E-state index contributed by atoms with van der Waals surface area (Å²) in [5.41, 5.74) is 1.31. The van der Waals surface area contributed by atoms with Crippen LogP contribution in [0.2, 0.25) is 0 Å². The Morgan fingerprint density at radius 1 is 1.14 bits per heavy atom. The molecule has 8 heteroatoms. The topological polar surface area (TPSA) is 59.1 Å². The molecule has 2 aromatic carbocycles. The maximum atomic E-state index is 13.8. The predicted octanol–water partition coefficient (Wildman–Crippen LogP) is 4.57. The summed E-state index contributed by atoms with van der Waals surface area (Å²) in [6.45, 7) is 1.56. The first-order chi connectivity index (χ1) is 17.1. The van der Waals surface area contributed by atoms with Crippen molar-refractivity contribution in [2.75, 3.05) is 40.0 Å². The highest BCUT2D eigenvalue weighted by Gasteiger charge is 2.33. The Bertz CT molecular complexity index is 1140. The molecule has 0 fully saturated rings. The van der Waals surface area contributed by atoms with Crippen LogP contribution in [0, 0.1) is 5.82 Å². The maximum Gasteiger partial charge on any atom is 0.254 e. The van der Waals surface area contributed by atoms with Crippen molar-refractivity contribution >= 4 is 23.2 Å². The average Bonchev–Trinajstić information content (AvgIpc) is 3.36. The third-order valence-electron chi connectivity index (χ3n) is 6.03. The van der Waals surface area contributed by atoms with Gasteiger partial charge in [0.25, 0.3) is 5.91 Å². The molecule has 0 saturated heterocycles. The number of hydrogen-bond donors (Lipinski definition) is 0. The molecule has 6 nitrogen and oxygen atoms in total. The van der Waals surface area contributed by atoms with E-state index < -0.39 is 5.82 Å². The Morgan fingerprint density at radius 3 is 2.74 bits per heavy atom. The van der Waals surface area contributed by atoms with Gasteiger partial charge in [-0.3, -0.25) is 9.59 Å². The van der Waals surface area contributed by atoms with E-state index in [1.54, 1.807) is 29.4 Å². The van der Waals surface area contributed by atoms with Crippen LogP contribution in [0.3, 0.4) is 0 Å². The van der Waals surface area contributed by atoms with E-state index in [9.17, 15) is 14.0 Å². The summed E-state index contributed by atoms with van der Waals surface area (Å²) in [4.78, 5) is 31.3. The van der Waals surface area contributed by atoms with Gasteiger partial charge < -0.3 is 19.3 Å². The number of para-hydroxylation sites is 1. The minimum atomic E-state index is -0.488. The quantitative estimate of drug-likeness (QED) is 0.386. The maximum absolute atomic E-state index is 13.8. The smallest absolute Gasteiger partial charge is 0.254 e. The molecular weight excluding hydrogens is 467 g/mol. The van der Waals surface area contributed by atoms with Crippen LogP contribution in [-0.2, 0) is 16.0 Å². The summed E-state index contributed by atoms with van der Waals surface area (Å²) in [6, 6.07) is 16.9. The number of benzene rings is 2. The van der Waals surface area contributed by atoms with E-state index in [1.165, 1.54) is 28.0 Å². The van der Waals surface area contributed by atoms with Gasteiger partial charge in [0.15, 0.2) is 0 Å². The van der Waals surface area contributed by atoms with Gasteiger partial charge in [0, 0.05) is 37.2 Å². The van der Waals surface area contributed by atoms with E-state index in [4.69, 9.17) is 9.47 Å². The molecule has 0 radical (unpaired) electrons. The molecule has 1 aromatic heterocycles. The molecule has 1 unspecified atom stereocenters. The van der Waals surface area contributed by atoms with Gasteiger partial charge in [-0.2, -0.15) is 0 Å². The molecule has 0 N–H and O–H groups in total. The minimum absolute atomic E-state index is 0.0969. The zero-order valence-corrected chi connectivity index (χ0v) is 20.5. The first-order valence-electron chi connectivity index (χ1n) is 11.6. The monoisotopic (exact) mass is 496 g/mol. The van der Waals surface area contributed by atoms with Gasteiger partial charge in [0.05, 0.1) is 6.04 Å². The van der Waals surface area contributed by atoms with E-state index >= 15 is 0 Å². The number of ether oxygens (including phenoxy) is 2. The number of amides is 2. The molecule has 0 spiro atoms. The fourth-order valence-electron chi connectivity index (χ4n) is 4.28. The molecule has 4 rings (SSSR count). The third kappa shape index (κ3) is 6.26. The van der Waals surface area contributed by atoms with Crippen LogP contribution < -0.4 is 4.74 Å². The third-order valence-corrected chi connectivity index (χ3v) is 7.02. The number of fused-ring (bicyclic) bond motifs is 1. The van der Waals surface area contributed by atoms with E-state index in [-0.39, 0.29) is 30.0 Å². The highest BCUT2D eigenvalue weighted by Crippen LogP contribution is 2.34. The number of halogens is 1. The molecule has 1 aliphatic rings. The van der Waals surface area contributed by atoms with Gasteiger partial charge in [0.1, 0.15) is 24.7 Å². The van der Waals surface area contributed by atoms with Crippen molar-refractivity contribution in [3.05, 3.63) is 87.9 Å². The number of thiophene rings is 1. The number of methoxy groups -OCH3 is 1. The largest absolute Gasteiger partial charge is 0.491 e. The van der Waals surface area contributed by atoms with Gasteiger partial charge >= 0.3 is 0 Å². The van der Waals surface area contributed by atoms with Crippen LogP contribution >= 0.6 is 11.3 Å². The summed E-state index contributed by atoms with van der Waals surface area (Å²) in [6.07, 6.45) is 1.34. The second-order valence-electron chi connectivity index (χ2n) is 8.36. The highest BCUT2D eigenvalue weighted by molar-refractivity contribution is 7.10. The summed E-state index contributed by atoms with van der Waals surface area (Å²) in [5.74, 6) is -0.284. The van der Waals surface area contributed by atoms with Crippen LogP contribution in [0.5, 0.6) is 5.75 Å². The number of carbonyl (C=O) groups excluding carboxylic acids is 2. The summed E-state index contributed by atoms with van der Waals surface area (Å²) >= 11 is 1.69. The lowest BCUT2D eigenvalue weighted by Gasteiger charge is -2.37. The highest BCUT2D eigenvalue weighted by atomic mass is 32.1. The molecule has 0 saturated carbocycles. The van der Waals surface area contributed by atoms with Crippen LogP contribution in [-0.4, -0.2) is 61.6 Å². The standard InChI is InChI=1S/C27H29FN2O4S/c1-33-15-6-13-29(27(32)20-7-5-8-21(28)17-20)18-26(31)30-14-11-25-23(12-16-35-25)24(30)19-34-22-9-3-2-4-10-22/h2-5,7-10,12,16-17,24H,6,11,13-15,18-19H2,1H3. The van der Waals surface area contributed by atoms with Gasteiger partial charge in [-0.25, -0.2) is 4.39 Å². The van der Waals surface area contributed by atoms with Crippen LogP contribution in [0.25, 0.3) is 0 Å². The molecule has 35 heavy (non-hydrogen) atoms. The van der Waals surface area contributed by atoms with Crippen LogP contribution in [0.1, 0.15) is 33.3 Å². The Balaban J connectivity index is 1.52. The molecule has 0 aliphatic carbocycles. The van der Waals surface area contributed by atoms with Crippen molar-refractivity contribution in [3.8, 4) is 5.75 Å². The summed E-state index contributed by atoms with van der Waals surface area (Å²) in [7, 11) is 1.59. The van der Waals surface area contributed by atoms with E-state index in [0.29, 0.717) is 32.7 Å². The number of carbonyl (C=O) groups is 2. The second kappa shape index (κ2) is 12.0. The Morgan fingerprint density at radius 2 is 1.97 bits per heavy atom. The van der Waals surface area contributed by atoms with Gasteiger partial charge in [-0.05, 0) is 60.2 Å². The molecule has 2 heterocycles. The fraction of sp³-hybridized carbons (Fsp3) is 0.333. The number of nitrogens with zero attached hydrogens (tertiary/aromatic N) is 2. The summed E-state index contributed by atoms with van der Waals surface area (Å²) in [5, 5.41) is 2.04. The lowest BCUT2D eigenvalue weighted by molar-refractivity contribution is -0.135. The van der Waals surface area contributed by atoms with Crippen LogP contribution in [0.15, 0.2) is 66.0 Å². The van der Waals surface area contributed by atoms with Crippen molar-refractivity contribution < 1.29 is 23.5 Å². The Labute approximate surface area is 208 Å². The lowest BCUT2D eigenvalue weighted by atomic mass is 10.0. The van der Waals surface area contributed by atoms with Crippen molar-refractivity contribution in [2.24, 2.45) is 0 Å². The minimum Gasteiger partial charge on any atom is -0.491 e. The van der Waals surface area contributed by atoms with Gasteiger partial charge in [0.2, 0.25) is 5.91 Å². The van der Waals surface area contributed by atoms with E-state index in [2.05, 4.69) is 0 Å². The average molecular weight is 497 g/mol. The molecule has 184 valence electrons. The van der Waals surface area contributed by atoms with E-state index in [0.717, 1.165) is 17.7 Å². The molecule has 3 aromatic rings. The SMILES string of the molecule is COCCCN(CC(=O)N1CCc2sccc2C1COc1ccccc1)C(=O)c1cccc(F)c1. The first-order valence-corrected chi connectivity index (χ1v) is 12.5. The van der Waals surface area contributed by atoms with Crippen molar-refractivity contribution in [1.29, 1.82) is 0 Å². The summed E-state index contributed by atoms with van der Waals surface area (Å²) < 4.78 is 24.9. The van der Waals surface area contributed by atoms with Crippen molar-refractivity contribution in [1.82, 2.24) is 9.80 Å². The Hall–Kier alpha value is -3.23. The normalized spacial score (nSPS) is 14.9. The first kappa shape index (κ1) is 24.9. The van der Waals surface area contributed by atoms with E-state index in [1.807, 2.05) is 41.8 Å². The fourth-order valence-corrected chi connectivity index (χ4v) is 5.21. The molecule has 2 amide bonds. The zero-order valence-electron chi connectivity index (χ0n) is 19.7. The molecule has 0 bridgehead atoms. The molecular formula is C27H29FN2O4S. The van der Waals surface area contributed by atoms with Gasteiger partial charge in [-0.1, -0.05) is 24.3 Å². The number of rotatable bonds is 10. The predicted molar refractivity (Wildman–Crippen MR) is 133 cm³/mol.